The number of hydrogen-bond donors (Lipinski definition) is 3. The third-order valence-electron chi connectivity index (χ3n) is 3.38. The molecular formula is C12H24ClN3O2. The molecular weight excluding hydrogens is 254 g/mol. The quantitative estimate of drug-likeness (QED) is 0.690. The molecule has 1 aliphatic carbocycles. The molecule has 1 rings (SSSR count). The average molecular weight is 278 g/mol. The largest absolute Gasteiger partial charge is 0.370 e. The van der Waals surface area contributed by atoms with Gasteiger partial charge in [-0.15, -0.1) is 12.4 Å². The molecule has 1 saturated carbocycles. The van der Waals surface area contributed by atoms with Crippen molar-refractivity contribution in [3.63, 3.8) is 0 Å². The lowest BCUT2D eigenvalue weighted by Crippen LogP contribution is -2.48. The van der Waals surface area contributed by atoms with Gasteiger partial charge in [-0.25, -0.2) is 0 Å². The maximum Gasteiger partial charge on any atom is 0.236 e. The normalized spacial score (nSPS) is 19.4. The lowest BCUT2D eigenvalue weighted by atomic mass is 9.82. The van der Waals surface area contributed by atoms with Crippen LogP contribution < -0.4 is 16.8 Å². The van der Waals surface area contributed by atoms with Gasteiger partial charge in [0.1, 0.15) is 0 Å². The molecule has 2 atom stereocenters. The predicted octanol–water partition coefficient (Wildman–Crippen LogP) is 0.696. The highest BCUT2D eigenvalue weighted by Crippen LogP contribution is 2.27. The summed E-state index contributed by atoms with van der Waals surface area (Å²) in [6.45, 7) is 1.64. The van der Waals surface area contributed by atoms with E-state index in [1.165, 1.54) is 6.42 Å². The van der Waals surface area contributed by atoms with Crippen molar-refractivity contribution in [2.45, 2.75) is 57.5 Å². The lowest BCUT2D eigenvalue weighted by molar-refractivity contribution is -0.124. The second kappa shape index (κ2) is 8.32. The predicted molar refractivity (Wildman–Crippen MR) is 73.2 cm³/mol. The zero-order valence-electron chi connectivity index (χ0n) is 10.9. The molecule has 18 heavy (non-hydrogen) atoms. The van der Waals surface area contributed by atoms with Gasteiger partial charge >= 0.3 is 0 Å². The molecule has 6 heteroatoms. The first-order chi connectivity index (χ1) is 8.00. The van der Waals surface area contributed by atoms with Crippen LogP contribution in [0.25, 0.3) is 0 Å². The molecule has 0 aromatic carbocycles. The van der Waals surface area contributed by atoms with Crippen molar-refractivity contribution in [2.75, 3.05) is 0 Å². The van der Waals surface area contributed by atoms with E-state index in [1.54, 1.807) is 6.92 Å². The molecule has 1 fully saturated rings. The van der Waals surface area contributed by atoms with Gasteiger partial charge < -0.3 is 16.8 Å². The van der Waals surface area contributed by atoms with Gasteiger partial charge in [-0.3, -0.25) is 9.59 Å². The molecule has 0 aliphatic heterocycles. The first-order valence-corrected chi connectivity index (χ1v) is 6.35. The number of nitrogens with one attached hydrogen (secondary N) is 1. The first-order valence-electron chi connectivity index (χ1n) is 6.35. The van der Waals surface area contributed by atoms with Gasteiger partial charge in [0.25, 0.3) is 0 Å². The maximum atomic E-state index is 11.6. The van der Waals surface area contributed by atoms with Crippen molar-refractivity contribution in [3.05, 3.63) is 0 Å². The van der Waals surface area contributed by atoms with E-state index in [4.69, 9.17) is 11.5 Å². The van der Waals surface area contributed by atoms with Crippen molar-refractivity contribution in [3.8, 4) is 0 Å². The monoisotopic (exact) mass is 277 g/mol. The fourth-order valence-electron chi connectivity index (χ4n) is 2.40. The molecule has 2 amide bonds. The van der Waals surface area contributed by atoms with Gasteiger partial charge in [-0.05, 0) is 25.7 Å². The Labute approximate surface area is 114 Å². The fourth-order valence-corrected chi connectivity index (χ4v) is 2.40. The minimum atomic E-state index is -0.547. The third kappa shape index (κ3) is 5.69. The van der Waals surface area contributed by atoms with Gasteiger partial charge in [0.05, 0.1) is 6.04 Å². The van der Waals surface area contributed by atoms with Gasteiger partial charge in [0.2, 0.25) is 11.8 Å². The number of rotatable bonds is 5. The van der Waals surface area contributed by atoms with E-state index in [1.807, 2.05) is 0 Å². The molecule has 0 aromatic heterocycles. The van der Waals surface area contributed by atoms with Crippen LogP contribution >= 0.6 is 12.4 Å². The fraction of sp³-hybridized carbons (Fsp3) is 0.833. The first kappa shape index (κ1) is 17.2. The van der Waals surface area contributed by atoms with Crippen LogP contribution in [0.5, 0.6) is 0 Å². The molecule has 106 valence electrons. The van der Waals surface area contributed by atoms with Gasteiger partial charge in [0, 0.05) is 12.5 Å². The Bertz CT molecular complexity index is 278. The summed E-state index contributed by atoms with van der Waals surface area (Å²) in [5, 5.41) is 2.85. The van der Waals surface area contributed by atoms with Crippen LogP contribution in [0, 0.1) is 5.92 Å². The van der Waals surface area contributed by atoms with Gasteiger partial charge in [-0.1, -0.05) is 19.3 Å². The second-order valence-electron chi connectivity index (χ2n) is 4.97. The second-order valence-corrected chi connectivity index (χ2v) is 4.97. The Hall–Kier alpha value is -0.810. The lowest BCUT2D eigenvalue weighted by Gasteiger charge is -2.30. The third-order valence-corrected chi connectivity index (χ3v) is 3.38. The van der Waals surface area contributed by atoms with Crippen LogP contribution in [-0.4, -0.2) is 23.9 Å². The number of hydrogen-bond acceptors (Lipinski definition) is 3. The smallest absolute Gasteiger partial charge is 0.236 e. The van der Waals surface area contributed by atoms with Crippen LogP contribution in [0.4, 0.5) is 0 Å². The molecule has 1 unspecified atom stereocenters. The highest BCUT2D eigenvalue weighted by Gasteiger charge is 2.27. The van der Waals surface area contributed by atoms with Crippen molar-refractivity contribution < 1.29 is 9.59 Å². The minimum Gasteiger partial charge on any atom is -0.370 e. The summed E-state index contributed by atoms with van der Waals surface area (Å²) in [7, 11) is 0. The zero-order valence-corrected chi connectivity index (χ0v) is 11.7. The van der Waals surface area contributed by atoms with E-state index in [-0.39, 0.29) is 36.7 Å². The number of carbonyl (C=O) groups is 2. The molecule has 0 bridgehead atoms. The van der Waals surface area contributed by atoms with Gasteiger partial charge in [0.15, 0.2) is 0 Å². The van der Waals surface area contributed by atoms with Crippen LogP contribution in [0.3, 0.4) is 0 Å². The number of carbonyl (C=O) groups excluding carboxylic acids is 2. The van der Waals surface area contributed by atoms with Crippen molar-refractivity contribution in [1.29, 1.82) is 0 Å². The van der Waals surface area contributed by atoms with Crippen LogP contribution in [0.2, 0.25) is 0 Å². The van der Waals surface area contributed by atoms with Crippen LogP contribution in [0.15, 0.2) is 0 Å². The van der Waals surface area contributed by atoms with E-state index >= 15 is 0 Å². The molecule has 5 nitrogen and oxygen atoms in total. The van der Waals surface area contributed by atoms with Crippen LogP contribution in [-0.2, 0) is 9.59 Å². The standard InChI is InChI=1S/C12H23N3O2.ClH/c1-8(13)12(17)15-10(7-11(14)16)9-5-3-2-4-6-9;/h8-10H,2-7,13H2,1H3,(H2,14,16)(H,15,17);1H/t8-,10?;/m0./s1. The van der Waals surface area contributed by atoms with E-state index in [0.29, 0.717) is 5.92 Å². The average Bonchev–Trinajstić information content (AvgIpc) is 2.28. The molecule has 0 aromatic rings. The summed E-state index contributed by atoms with van der Waals surface area (Å²) in [4.78, 5) is 22.6. The Balaban J connectivity index is 0.00000289. The van der Waals surface area contributed by atoms with Crippen LogP contribution in [0.1, 0.15) is 45.4 Å². The molecule has 5 N–H and O–H groups in total. The Morgan fingerprint density at radius 2 is 1.83 bits per heavy atom. The molecule has 0 radical (unpaired) electrons. The maximum absolute atomic E-state index is 11.6. The zero-order chi connectivity index (χ0) is 12.8. The Kier molecular flexibility index (Phi) is 7.95. The van der Waals surface area contributed by atoms with Crippen molar-refractivity contribution in [2.24, 2.45) is 17.4 Å². The Morgan fingerprint density at radius 3 is 2.28 bits per heavy atom. The van der Waals surface area contributed by atoms with Crippen molar-refractivity contribution in [1.82, 2.24) is 5.32 Å². The van der Waals surface area contributed by atoms with E-state index in [2.05, 4.69) is 5.32 Å². The minimum absolute atomic E-state index is 0. The SMILES string of the molecule is C[C@H](N)C(=O)NC(CC(N)=O)C1CCCCC1.Cl. The van der Waals surface area contributed by atoms with E-state index in [9.17, 15) is 9.59 Å². The molecule has 0 spiro atoms. The summed E-state index contributed by atoms with van der Waals surface area (Å²) in [6, 6.07) is -0.694. The number of nitrogens with two attached hydrogens (primary N) is 2. The summed E-state index contributed by atoms with van der Waals surface area (Å²) < 4.78 is 0. The highest BCUT2D eigenvalue weighted by atomic mass is 35.5. The molecule has 0 saturated heterocycles. The highest BCUT2D eigenvalue weighted by molar-refractivity contribution is 5.85. The number of halogens is 1. The Morgan fingerprint density at radius 1 is 1.28 bits per heavy atom. The number of amides is 2. The summed E-state index contributed by atoms with van der Waals surface area (Å²) in [5.74, 6) is -0.216. The van der Waals surface area contributed by atoms with Gasteiger partial charge in [-0.2, -0.15) is 0 Å². The number of primary amides is 1. The summed E-state index contributed by atoms with van der Waals surface area (Å²) in [5.41, 5.74) is 10.7. The van der Waals surface area contributed by atoms with Crippen molar-refractivity contribution >= 4 is 24.2 Å². The molecule has 0 heterocycles. The topological polar surface area (TPSA) is 98.2 Å². The summed E-state index contributed by atoms with van der Waals surface area (Å²) in [6.07, 6.45) is 5.88. The molecule has 1 aliphatic rings. The van der Waals surface area contributed by atoms with E-state index in [0.717, 1.165) is 25.7 Å². The van der Waals surface area contributed by atoms with E-state index < -0.39 is 6.04 Å². The summed E-state index contributed by atoms with van der Waals surface area (Å²) >= 11 is 0.